The summed E-state index contributed by atoms with van der Waals surface area (Å²) in [7, 11) is 0. The summed E-state index contributed by atoms with van der Waals surface area (Å²) < 4.78 is 19.8. The Balaban J connectivity index is 1.90. The summed E-state index contributed by atoms with van der Waals surface area (Å²) >= 11 is 0. The van der Waals surface area contributed by atoms with E-state index in [4.69, 9.17) is 15.7 Å². The number of carbonyl (C=O) groups is 1. The molecule has 0 radical (unpaired) electrons. The molecule has 124 valence electrons. The van der Waals surface area contributed by atoms with Crippen molar-refractivity contribution in [3.8, 4) is 6.07 Å². The lowest BCUT2D eigenvalue weighted by atomic mass is 9.72. The summed E-state index contributed by atoms with van der Waals surface area (Å²) in [6.45, 7) is 5.35. The molecule has 2 rings (SSSR count). The fourth-order valence-corrected chi connectivity index (χ4v) is 2.52. The van der Waals surface area contributed by atoms with Gasteiger partial charge in [0.05, 0.1) is 11.6 Å². The smallest absolute Gasteiger partial charge is 0.309 e. The number of nitriles is 1. The third-order valence-electron chi connectivity index (χ3n) is 3.65. The maximum atomic E-state index is 14.6. The van der Waals surface area contributed by atoms with E-state index >= 15 is 0 Å². The van der Waals surface area contributed by atoms with Crippen molar-refractivity contribution in [1.82, 2.24) is 4.98 Å². The highest BCUT2D eigenvalue weighted by Crippen LogP contribution is 2.42. The van der Waals surface area contributed by atoms with Gasteiger partial charge in [0.2, 0.25) is 0 Å². The third kappa shape index (κ3) is 4.09. The number of esters is 1. The largest absolute Gasteiger partial charge is 0.460 e. The second kappa shape index (κ2) is 6.03. The maximum absolute atomic E-state index is 14.6. The molecule has 0 spiro atoms. The van der Waals surface area contributed by atoms with Gasteiger partial charge in [0.25, 0.3) is 0 Å². The van der Waals surface area contributed by atoms with E-state index in [0.29, 0.717) is 5.69 Å². The summed E-state index contributed by atoms with van der Waals surface area (Å²) in [6, 6.07) is 3.51. The molecule has 1 aromatic heterocycles. The van der Waals surface area contributed by atoms with Gasteiger partial charge in [-0.05, 0) is 39.7 Å². The van der Waals surface area contributed by atoms with E-state index in [9.17, 15) is 9.18 Å². The summed E-state index contributed by atoms with van der Waals surface area (Å²) in [6.07, 6.45) is 1.67. The maximum Gasteiger partial charge on any atom is 0.309 e. The minimum absolute atomic E-state index is 0.00440. The molecule has 1 heterocycles. The Labute approximate surface area is 134 Å². The number of carbonyl (C=O) groups excluding carboxylic acids is 1. The van der Waals surface area contributed by atoms with Crippen LogP contribution in [0.2, 0.25) is 0 Å². The van der Waals surface area contributed by atoms with Crippen LogP contribution in [0.1, 0.15) is 39.2 Å². The van der Waals surface area contributed by atoms with Crippen molar-refractivity contribution in [1.29, 1.82) is 5.26 Å². The molecule has 1 saturated carbocycles. The molecule has 0 aromatic carbocycles. The number of hydrogen-bond donors (Lipinski definition) is 2. The van der Waals surface area contributed by atoms with Crippen LogP contribution in [0.4, 0.5) is 15.9 Å². The minimum Gasteiger partial charge on any atom is -0.460 e. The van der Waals surface area contributed by atoms with E-state index in [-0.39, 0.29) is 36.7 Å². The van der Waals surface area contributed by atoms with Crippen LogP contribution in [0.15, 0.2) is 12.3 Å². The molecule has 6 nitrogen and oxygen atoms in total. The normalized spacial score (nSPS) is 23.5. The van der Waals surface area contributed by atoms with E-state index < -0.39 is 17.2 Å². The second-order valence-electron chi connectivity index (χ2n) is 6.87. The van der Waals surface area contributed by atoms with Crippen molar-refractivity contribution < 1.29 is 13.9 Å². The number of halogens is 1. The van der Waals surface area contributed by atoms with Gasteiger partial charge in [-0.1, -0.05) is 0 Å². The molecule has 0 atom stereocenters. The second-order valence-corrected chi connectivity index (χ2v) is 6.87. The molecule has 1 aliphatic carbocycles. The number of alkyl halides is 1. The first-order valence-electron chi connectivity index (χ1n) is 7.44. The molecule has 0 saturated heterocycles. The molecule has 3 N–H and O–H groups in total. The molecule has 1 aliphatic rings. The first kappa shape index (κ1) is 17.0. The van der Waals surface area contributed by atoms with Crippen molar-refractivity contribution in [2.75, 3.05) is 17.6 Å². The number of ether oxygens (including phenoxy) is 1. The van der Waals surface area contributed by atoms with E-state index in [2.05, 4.69) is 10.3 Å². The van der Waals surface area contributed by atoms with Crippen molar-refractivity contribution in [2.24, 2.45) is 5.92 Å². The molecule has 0 amide bonds. The van der Waals surface area contributed by atoms with Crippen LogP contribution in [0, 0.1) is 17.2 Å². The summed E-state index contributed by atoms with van der Waals surface area (Å²) in [4.78, 5) is 15.7. The van der Waals surface area contributed by atoms with Crippen LogP contribution in [-0.4, -0.2) is 28.8 Å². The zero-order chi connectivity index (χ0) is 17.3. The van der Waals surface area contributed by atoms with E-state index in [0.717, 1.165) is 0 Å². The van der Waals surface area contributed by atoms with Crippen molar-refractivity contribution in [3.63, 3.8) is 0 Å². The number of nitrogen functional groups attached to an aromatic ring is 1. The number of anilines is 2. The summed E-state index contributed by atoms with van der Waals surface area (Å²) in [5.74, 6) is -0.679. The van der Waals surface area contributed by atoms with Crippen LogP contribution in [-0.2, 0) is 9.53 Å². The Morgan fingerprint density at radius 2 is 2.26 bits per heavy atom. The Morgan fingerprint density at radius 3 is 2.83 bits per heavy atom. The van der Waals surface area contributed by atoms with E-state index in [1.807, 2.05) is 6.07 Å². The van der Waals surface area contributed by atoms with Crippen molar-refractivity contribution in [3.05, 3.63) is 17.8 Å². The number of nitrogens with zero attached hydrogens (tertiary/aromatic N) is 2. The number of aromatic nitrogens is 1. The Kier molecular flexibility index (Phi) is 4.46. The highest BCUT2D eigenvalue weighted by atomic mass is 19.1. The lowest BCUT2D eigenvalue weighted by molar-refractivity contribution is -0.169. The van der Waals surface area contributed by atoms with Crippen LogP contribution >= 0.6 is 0 Å². The van der Waals surface area contributed by atoms with Gasteiger partial charge in [0.15, 0.2) is 0 Å². The third-order valence-corrected chi connectivity index (χ3v) is 3.65. The molecular weight excluding hydrogens is 299 g/mol. The van der Waals surface area contributed by atoms with Crippen LogP contribution in [0.5, 0.6) is 0 Å². The molecular formula is C16H21FN4O2. The first-order chi connectivity index (χ1) is 10.6. The minimum atomic E-state index is -1.49. The monoisotopic (exact) mass is 320 g/mol. The molecule has 0 unspecified atom stereocenters. The zero-order valence-corrected chi connectivity index (χ0v) is 13.5. The van der Waals surface area contributed by atoms with Gasteiger partial charge in [0, 0.05) is 12.7 Å². The van der Waals surface area contributed by atoms with Gasteiger partial charge in [-0.25, -0.2) is 9.37 Å². The van der Waals surface area contributed by atoms with Gasteiger partial charge in [-0.3, -0.25) is 4.79 Å². The van der Waals surface area contributed by atoms with Crippen molar-refractivity contribution >= 4 is 17.5 Å². The van der Waals surface area contributed by atoms with Gasteiger partial charge in [-0.15, -0.1) is 0 Å². The average Bonchev–Trinajstić information content (AvgIpc) is 2.40. The van der Waals surface area contributed by atoms with Crippen LogP contribution in [0.3, 0.4) is 0 Å². The predicted octanol–water partition coefficient (Wildman–Crippen LogP) is 2.41. The van der Waals surface area contributed by atoms with Gasteiger partial charge < -0.3 is 15.8 Å². The SMILES string of the molecule is CC(C)(C)OC(=O)C1CC(F)(CNc2ccnc(N)c2C#N)C1. The molecule has 0 aliphatic heterocycles. The van der Waals surface area contributed by atoms with Gasteiger partial charge in [0.1, 0.15) is 28.7 Å². The lowest BCUT2D eigenvalue weighted by Crippen LogP contribution is -2.49. The highest BCUT2D eigenvalue weighted by molar-refractivity contribution is 5.74. The fraction of sp³-hybridized carbons (Fsp3) is 0.562. The van der Waals surface area contributed by atoms with Crippen molar-refractivity contribution in [2.45, 2.75) is 44.9 Å². The zero-order valence-electron chi connectivity index (χ0n) is 13.5. The highest BCUT2D eigenvalue weighted by Gasteiger charge is 2.49. The quantitative estimate of drug-likeness (QED) is 0.826. The molecule has 1 fully saturated rings. The summed E-state index contributed by atoms with van der Waals surface area (Å²) in [5, 5.41) is 11.9. The molecule has 1 aromatic rings. The average molecular weight is 320 g/mol. The Bertz CT molecular complexity index is 642. The number of hydrogen-bond acceptors (Lipinski definition) is 6. The summed E-state index contributed by atoms with van der Waals surface area (Å²) in [5.41, 5.74) is 4.18. The van der Waals surface area contributed by atoms with E-state index in [1.54, 1.807) is 26.8 Å². The number of pyridine rings is 1. The Hall–Kier alpha value is -2.36. The fourth-order valence-electron chi connectivity index (χ4n) is 2.52. The molecule has 23 heavy (non-hydrogen) atoms. The molecule has 0 bridgehead atoms. The number of nitrogens with two attached hydrogens (primary N) is 1. The van der Waals surface area contributed by atoms with Gasteiger partial charge >= 0.3 is 5.97 Å². The van der Waals surface area contributed by atoms with Gasteiger partial charge in [-0.2, -0.15) is 5.26 Å². The van der Waals surface area contributed by atoms with E-state index in [1.165, 1.54) is 6.20 Å². The first-order valence-corrected chi connectivity index (χ1v) is 7.44. The van der Waals surface area contributed by atoms with Crippen LogP contribution in [0.25, 0.3) is 0 Å². The molecule has 7 heteroatoms. The lowest BCUT2D eigenvalue weighted by Gasteiger charge is -2.41. The predicted molar refractivity (Wildman–Crippen MR) is 84.3 cm³/mol. The van der Waals surface area contributed by atoms with Crippen LogP contribution < -0.4 is 11.1 Å². The number of rotatable bonds is 4. The topological polar surface area (TPSA) is 101 Å². The standard InChI is InChI=1S/C16H21FN4O2/c1-15(2,3)23-14(22)10-6-16(17,7-10)9-21-12-4-5-20-13(19)11(12)8-18/h4-5,10H,6-7,9H2,1-3H3,(H3,19,20,21). The Morgan fingerprint density at radius 1 is 1.61 bits per heavy atom. The number of nitrogens with one attached hydrogen (secondary N) is 1.